The average molecular weight is 228 g/mol. The lowest BCUT2D eigenvalue weighted by atomic mass is 9.91. The highest BCUT2D eigenvalue weighted by atomic mass is 15.1. The smallest absolute Gasteiger partial charge is 0.00665 e. The van der Waals surface area contributed by atoms with Crippen molar-refractivity contribution in [3.63, 3.8) is 0 Å². The molecule has 98 valence electrons. The molecule has 0 rings (SSSR count). The van der Waals surface area contributed by atoms with Gasteiger partial charge in [0.1, 0.15) is 0 Å². The predicted octanol–water partition coefficient (Wildman–Crippen LogP) is 2.99. The Morgan fingerprint density at radius 2 is 1.75 bits per heavy atom. The van der Waals surface area contributed by atoms with Gasteiger partial charge >= 0.3 is 0 Å². The summed E-state index contributed by atoms with van der Waals surface area (Å²) in [7, 11) is 2.25. The molecule has 1 N–H and O–H groups in total. The molecule has 0 heterocycles. The van der Waals surface area contributed by atoms with Crippen molar-refractivity contribution < 1.29 is 0 Å². The van der Waals surface area contributed by atoms with E-state index >= 15 is 0 Å². The van der Waals surface area contributed by atoms with Gasteiger partial charge in [-0.2, -0.15) is 0 Å². The van der Waals surface area contributed by atoms with Crippen LogP contribution in [0.5, 0.6) is 0 Å². The minimum Gasteiger partial charge on any atom is -0.316 e. The van der Waals surface area contributed by atoms with Gasteiger partial charge in [-0.05, 0) is 38.3 Å². The standard InChI is InChI=1S/C14H32N2/c1-8-15-10-14(5,6)11-16(7)13(4)9-12(2)3/h12-13,15H,8-11H2,1-7H3. The molecule has 16 heavy (non-hydrogen) atoms. The maximum atomic E-state index is 3.45. The van der Waals surface area contributed by atoms with Crippen molar-refractivity contribution >= 4 is 0 Å². The molecule has 0 aliphatic heterocycles. The summed E-state index contributed by atoms with van der Waals surface area (Å²) < 4.78 is 0. The Bertz CT molecular complexity index is 176. The van der Waals surface area contributed by atoms with Crippen LogP contribution in [-0.4, -0.2) is 37.6 Å². The third kappa shape index (κ3) is 7.24. The van der Waals surface area contributed by atoms with Gasteiger partial charge in [0, 0.05) is 19.1 Å². The van der Waals surface area contributed by atoms with E-state index in [0.717, 1.165) is 25.6 Å². The van der Waals surface area contributed by atoms with Crippen LogP contribution in [0, 0.1) is 11.3 Å². The average Bonchev–Trinajstić information content (AvgIpc) is 2.13. The summed E-state index contributed by atoms with van der Waals surface area (Å²) in [5, 5.41) is 3.45. The lowest BCUT2D eigenvalue weighted by molar-refractivity contribution is 0.152. The van der Waals surface area contributed by atoms with Crippen molar-refractivity contribution in [2.24, 2.45) is 11.3 Å². The molecule has 0 aliphatic rings. The van der Waals surface area contributed by atoms with Crippen LogP contribution < -0.4 is 5.32 Å². The Labute approximate surface area is 103 Å². The fourth-order valence-corrected chi connectivity index (χ4v) is 2.21. The maximum Gasteiger partial charge on any atom is 0.00665 e. The van der Waals surface area contributed by atoms with Gasteiger partial charge in [0.15, 0.2) is 0 Å². The highest BCUT2D eigenvalue weighted by Gasteiger charge is 2.22. The van der Waals surface area contributed by atoms with Gasteiger partial charge in [0.05, 0.1) is 0 Å². The lowest BCUT2D eigenvalue weighted by Crippen LogP contribution is -2.42. The first-order valence-electron chi connectivity index (χ1n) is 6.69. The number of hydrogen-bond acceptors (Lipinski definition) is 2. The van der Waals surface area contributed by atoms with Crippen LogP contribution >= 0.6 is 0 Å². The fourth-order valence-electron chi connectivity index (χ4n) is 2.21. The molecule has 0 aromatic carbocycles. The van der Waals surface area contributed by atoms with Crippen molar-refractivity contribution in [2.45, 2.75) is 54.0 Å². The van der Waals surface area contributed by atoms with Gasteiger partial charge in [-0.3, -0.25) is 0 Å². The monoisotopic (exact) mass is 228 g/mol. The number of nitrogens with one attached hydrogen (secondary N) is 1. The number of hydrogen-bond donors (Lipinski definition) is 1. The molecule has 0 aromatic rings. The Kier molecular flexibility index (Phi) is 7.25. The molecule has 0 saturated heterocycles. The van der Waals surface area contributed by atoms with Crippen LogP contribution in [0.4, 0.5) is 0 Å². The third-order valence-corrected chi connectivity index (χ3v) is 3.10. The minimum atomic E-state index is 0.357. The molecule has 0 spiro atoms. The van der Waals surface area contributed by atoms with E-state index in [2.05, 4.69) is 58.8 Å². The quantitative estimate of drug-likeness (QED) is 0.687. The van der Waals surface area contributed by atoms with E-state index in [9.17, 15) is 0 Å². The normalized spacial score (nSPS) is 14.8. The molecule has 2 heteroatoms. The molecule has 0 amide bonds. The van der Waals surface area contributed by atoms with Gasteiger partial charge in [-0.1, -0.05) is 34.6 Å². The van der Waals surface area contributed by atoms with Crippen molar-refractivity contribution in [1.82, 2.24) is 10.2 Å². The van der Waals surface area contributed by atoms with Gasteiger partial charge in [0.2, 0.25) is 0 Å². The first-order chi connectivity index (χ1) is 7.28. The molecule has 1 unspecified atom stereocenters. The van der Waals surface area contributed by atoms with Crippen LogP contribution in [0.2, 0.25) is 0 Å². The summed E-state index contributed by atoms with van der Waals surface area (Å²) in [4.78, 5) is 2.50. The van der Waals surface area contributed by atoms with Crippen LogP contribution in [0.1, 0.15) is 48.0 Å². The Morgan fingerprint density at radius 1 is 1.19 bits per heavy atom. The molecular formula is C14H32N2. The molecule has 0 aliphatic carbocycles. The first-order valence-corrected chi connectivity index (χ1v) is 6.69. The highest BCUT2D eigenvalue weighted by molar-refractivity contribution is 4.77. The topological polar surface area (TPSA) is 15.3 Å². The van der Waals surface area contributed by atoms with Gasteiger partial charge in [-0.25, -0.2) is 0 Å². The zero-order valence-electron chi connectivity index (χ0n) is 12.4. The van der Waals surface area contributed by atoms with E-state index < -0.39 is 0 Å². The molecule has 0 saturated carbocycles. The summed E-state index contributed by atoms with van der Waals surface area (Å²) in [5.41, 5.74) is 0.357. The molecule has 1 atom stereocenters. The Hall–Kier alpha value is -0.0800. The van der Waals surface area contributed by atoms with E-state index in [4.69, 9.17) is 0 Å². The van der Waals surface area contributed by atoms with E-state index in [1.165, 1.54) is 6.42 Å². The lowest BCUT2D eigenvalue weighted by Gasteiger charge is -2.34. The molecule has 0 bridgehead atoms. The van der Waals surface area contributed by atoms with Crippen LogP contribution in [0.3, 0.4) is 0 Å². The van der Waals surface area contributed by atoms with Crippen LogP contribution in [-0.2, 0) is 0 Å². The highest BCUT2D eigenvalue weighted by Crippen LogP contribution is 2.18. The fraction of sp³-hybridized carbons (Fsp3) is 1.00. The van der Waals surface area contributed by atoms with Gasteiger partial charge in [0.25, 0.3) is 0 Å². The SMILES string of the molecule is CCNCC(C)(C)CN(C)C(C)CC(C)C. The number of rotatable bonds is 8. The second kappa shape index (κ2) is 7.29. The van der Waals surface area contributed by atoms with E-state index in [1.54, 1.807) is 0 Å². The summed E-state index contributed by atoms with van der Waals surface area (Å²) in [6.07, 6.45) is 1.29. The largest absolute Gasteiger partial charge is 0.316 e. The van der Waals surface area contributed by atoms with Crippen molar-refractivity contribution in [3.05, 3.63) is 0 Å². The summed E-state index contributed by atoms with van der Waals surface area (Å²) in [5.74, 6) is 0.786. The van der Waals surface area contributed by atoms with Crippen molar-refractivity contribution in [3.8, 4) is 0 Å². The molecule has 0 aromatic heterocycles. The predicted molar refractivity (Wildman–Crippen MR) is 73.9 cm³/mol. The first kappa shape index (κ1) is 15.9. The summed E-state index contributed by atoms with van der Waals surface area (Å²) >= 11 is 0. The van der Waals surface area contributed by atoms with E-state index in [-0.39, 0.29) is 0 Å². The second-order valence-corrected chi connectivity index (χ2v) is 6.34. The minimum absolute atomic E-state index is 0.357. The van der Waals surface area contributed by atoms with E-state index in [0.29, 0.717) is 11.5 Å². The zero-order valence-corrected chi connectivity index (χ0v) is 12.4. The maximum absolute atomic E-state index is 3.45. The van der Waals surface area contributed by atoms with Crippen molar-refractivity contribution in [2.75, 3.05) is 26.7 Å². The molecule has 2 nitrogen and oxygen atoms in total. The number of nitrogens with zero attached hydrogens (tertiary/aromatic N) is 1. The second-order valence-electron chi connectivity index (χ2n) is 6.34. The Morgan fingerprint density at radius 3 is 2.19 bits per heavy atom. The van der Waals surface area contributed by atoms with Crippen LogP contribution in [0.25, 0.3) is 0 Å². The zero-order chi connectivity index (χ0) is 12.8. The summed E-state index contributed by atoms with van der Waals surface area (Å²) in [6.45, 7) is 17.1. The third-order valence-electron chi connectivity index (χ3n) is 3.10. The Balaban J connectivity index is 4.05. The molecule has 0 radical (unpaired) electrons. The van der Waals surface area contributed by atoms with Gasteiger partial charge in [-0.15, -0.1) is 0 Å². The van der Waals surface area contributed by atoms with Crippen molar-refractivity contribution in [1.29, 1.82) is 0 Å². The summed E-state index contributed by atoms with van der Waals surface area (Å²) in [6, 6.07) is 0.681. The van der Waals surface area contributed by atoms with E-state index in [1.807, 2.05) is 0 Å². The molecule has 0 fully saturated rings. The molecular weight excluding hydrogens is 196 g/mol. The van der Waals surface area contributed by atoms with Crippen LogP contribution in [0.15, 0.2) is 0 Å². The van der Waals surface area contributed by atoms with Gasteiger partial charge < -0.3 is 10.2 Å².